The molecule has 1 aromatic heterocycles. The lowest BCUT2D eigenvalue weighted by molar-refractivity contribution is -0.135. The Kier molecular flexibility index (Phi) is 5.97. The Labute approximate surface area is 175 Å². The number of carbonyl (C=O) groups excluding carboxylic acids is 1. The van der Waals surface area contributed by atoms with Gasteiger partial charge in [-0.2, -0.15) is 0 Å². The number of nitrogens with zero attached hydrogens (tertiary/aromatic N) is 3. The first kappa shape index (κ1) is 19.7. The maximum absolute atomic E-state index is 12.5. The third kappa shape index (κ3) is 4.69. The van der Waals surface area contributed by atoms with Gasteiger partial charge in [0.2, 0.25) is 0 Å². The van der Waals surface area contributed by atoms with Gasteiger partial charge in [-0.25, -0.2) is 0 Å². The van der Waals surface area contributed by atoms with E-state index in [1.54, 1.807) is 12.1 Å². The van der Waals surface area contributed by atoms with E-state index in [4.69, 9.17) is 16.3 Å². The third-order valence-corrected chi connectivity index (χ3v) is 5.75. The molecule has 4 rings (SSSR count). The standard InChI is InChI=1S/C23H24ClN3O2/c1-17-14-20(7-8-21(17)24)29-16-22(28)27-12-10-26(11-13-27)15-19-5-2-4-18-6-3-9-25-23(18)19/h2-9,14H,10-13,15-16H2,1H3. The second-order valence-electron chi connectivity index (χ2n) is 7.35. The van der Waals surface area contributed by atoms with E-state index < -0.39 is 0 Å². The molecular weight excluding hydrogens is 386 g/mol. The number of ether oxygens (including phenoxy) is 1. The van der Waals surface area contributed by atoms with Gasteiger partial charge in [0.05, 0.1) is 5.52 Å². The van der Waals surface area contributed by atoms with Gasteiger partial charge in [-0.3, -0.25) is 14.7 Å². The number of fused-ring (bicyclic) bond motifs is 1. The average Bonchev–Trinajstić information content (AvgIpc) is 2.75. The van der Waals surface area contributed by atoms with E-state index in [9.17, 15) is 4.79 Å². The zero-order valence-electron chi connectivity index (χ0n) is 16.5. The minimum absolute atomic E-state index is 0.0177. The number of pyridine rings is 1. The molecule has 0 bridgehead atoms. The van der Waals surface area contributed by atoms with Crippen molar-refractivity contribution >= 4 is 28.4 Å². The molecule has 2 heterocycles. The monoisotopic (exact) mass is 409 g/mol. The van der Waals surface area contributed by atoms with E-state index >= 15 is 0 Å². The predicted octanol–water partition coefficient (Wildman–Crippen LogP) is 3.92. The molecule has 6 heteroatoms. The molecule has 1 aliphatic rings. The van der Waals surface area contributed by atoms with E-state index in [2.05, 4.69) is 34.1 Å². The van der Waals surface area contributed by atoms with Crippen LogP contribution in [-0.4, -0.2) is 53.5 Å². The van der Waals surface area contributed by atoms with Gasteiger partial charge >= 0.3 is 0 Å². The van der Waals surface area contributed by atoms with Gasteiger partial charge in [0, 0.05) is 49.3 Å². The number of para-hydroxylation sites is 1. The smallest absolute Gasteiger partial charge is 0.260 e. The molecule has 2 aromatic carbocycles. The normalized spacial score (nSPS) is 14.9. The first-order valence-electron chi connectivity index (χ1n) is 9.82. The number of rotatable bonds is 5. The topological polar surface area (TPSA) is 45.7 Å². The van der Waals surface area contributed by atoms with Gasteiger partial charge in [0.25, 0.3) is 5.91 Å². The highest BCUT2D eigenvalue weighted by Gasteiger charge is 2.22. The molecule has 0 spiro atoms. The lowest BCUT2D eigenvalue weighted by Gasteiger charge is -2.34. The Balaban J connectivity index is 1.29. The van der Waals surface area contributed by atoms with Crippen LogP contribution in [0.2, 0.25) is 5.02 Å². The molecule has 5 nitrogen and oxygen atoms in total. The summed E-state index contributed by atoms with van der Waals surface area (Å²) < 4.78 is 5.66. The van der Waals surface area contributed by atoms with Gasteiger partial charge in [0.15, 0.2) is 6.61 Å². The van der Waals surface area contributed by atoms with Gasteiger partial charge in [0.1, 0.15) is 5.75 Å². The number of aryl methyl sites for hydroxylation is 1. The number of hydrogen-bond donors (Lipinski definition) is 0. The Morgan fingerprint density at radius 3 is 2.69 bits per heavy atom. The molecule has 1 aliphatic heterocycles. The molecule has 0 aliphatic carbocycles. The number of amides is 1. The van der Waals surface area contributed by atoms with Crippen molar-refractivity contribution in [3.8, 4) is 5.75 Å². The number of halogens is 1. The molecule has 0 radical (unpaired) electrons. The van der Waals surface area contributed by atoms with Crippen molar-refractivity contribution in [3.05, 3.63) is 70.9 Å². The van der Waals surface area contributed by atoms with Crippen molar-refractivity contribution in [3.63, 3.8) is 0 Å². The Hall–Kier alpha value is -2.63. The van der Waals surface area contributed by atoms with Crippen molar-refractivity contribution < 1.29 is 9.53 Å². The van der Waals surface area contributed by atoms with Gasteiger partial charge in [-0.1, -0.05) is 35.9 Å². The summed E-state index contributed by atoms with van der Waals surface area (Å²) >= 11 is 6.03. The second-order valence-corrected chi connectivity index (χ2v) is 7.76. The quantitative estimate of drug-likeness (QED) is 0.640. The number of aromatic nitrogens is 1. The maximum Gasteiger partial charge on any atom is 0.260 e. The van der Waals surface area contributed by atoms with Crippen LogP contribution >= 0.6 is 11.6 Å². The molecule has 1 fully saturated rings. The Morgan fingerprint density at radius 1 is 1.10 bits per heavy atom. The summed E-state index contributed by atoms with van der Waals surface area (Å²) in [5.41, 5.74) is 3.22. The zero-order valence-corrected chi connectivity index (χ0v) is 17.2. The van der Waals surface area contributed by atoms with Crippen molar-refractivity contribution in [1.82, 2.24) is 14.8 Å². The minimum Gasteiger partial charge on any atom is -0.484 e. The molecule has 29 heavy (non-hydrogen) atoms. The van der Waals surface area contributed by atoms with E-state index in [0.717, 1.165) is 36.1 Å². The van der Waals surface area contributed by atoms with Crippen LogP contribution in [0.1, 0.15) is 11.1 Å². The highest BCUT2D eigenvalue weighted by atomic mass is 35.5. The SMILES string of the molecule is Cc1cc(OCC(=O)N2CCN(Cc3cccc4cccnc34)CC2)ccc1Cl. The summed E-state index contributed by atoms with van der Waals surface area (Å²) in [6.45, 7) is 5.91. The summed E-state index contributed by atoms with van der Waals surface area (Å²) in [5.74, 6) is 0.687. The lowest BCUT2D eigenvalue weighted by Crippen LogP contribution is -2.49. The Morgan fingerprint density at radius 2 is 1.90 bits per heavy atom. The zero-order chi connectivity index (χ0) is 20.2. The van der Waals surface area contributed by atoms with Crippen molar-refractivity contribution in [2.75, 3.05) is 32.8 Å². The lowest BCUT2D eigenvalue weighted by atomic mass is 10.1. The highest BCUT2D eigenvalue weighted by Crippen LogP contribution is 2.21. The first-order valence-corrected chi connectivity index (χ1v) is 10.2. The Bertz CT molecular complexity index is 1010. The molecule has 0 atom stereocenters. The van der Waals surface area contributed by atoms with E-state index in [-0.39, 0.29) is 12.5 Å². The number of carbonyl (C=O) groups is 1. The highest BCUT2D eigenvalue weighted by molar-refractivity contribution is 6.31. The summed E-state index contributed by atoms with van der Waals surface area (Å²) in [6.07, 6.45) is 1.84. The van der Waals surface area contributed by atoms with E-state index in [0.29, 0.717) is 23.9 Å². The van der Waals surface area contributed by atoms with Gasteiger partial charge < -0.3 is 9.64 Å². The van der Waals surface area contributed by atoms with Crippen LogP contribution in [0.4, 0.5) is 0 Å². The van der Waals surface area contributed by atoms with Crippen LogP contribution in [0.15, 0.2) is 54.7 Å². The van der Waals surface area contributed by atoms with E-state index in [1.807, 2.05) is 30.2 Å². The fourth-order valence-electron chi connectivity index (χ4n) is 3.63. The van der Waals surface area contributed by atoms with Crippen LogP contribution in [-0.2, 0) is 11.3 Å². The van der Waals surface area contributed by atoms with Crippen molar-refractivity contribution in [2.45, 2.75) is 13.5 Å². The van der Waals surface area contributed by atoms with Crippen LogP contribution in [0.3, 0.4) is 0 Å². The van der Waals surface area contributed by atoms with Crippen LogP contribution in [0.25, 0.3) is 10.9 Å². The molecular formula is C23H24ClN3O2. The number of piperazine rings is 1. The molecule has 0 saturated carbocycles. The fraction of sp³-hybridized carbons (Fsp3) is 0.304. The predicted molar refractivity (Wildman–Crippen MR) is 115 cm³/mol. The largest absolute Gasteiger partial charge is 0.484 e. The average molecular weight is 410 g/mol. The summed E-state index contributed by atoms with van der Waals surface area (Å²) in [5, 5.41) is 1.86. The van der Waals surface area contributed by atoms with Gasteiger partial charge in [-0.15, -0.1) is 0 Å². The molecule has 1 amide bonds. The van der Waals surface area contributed by atoms with Crippen molar-refractivity contribution in [1.29, 1.82) is 0 Å². The summed E-state index contributed by atoms with van der Waals surface area (Å²) in [7, 11) is 0. The fourth-order valence-corrected chi connectivity index (χ4v) is 3.75. The molecule has 3 aromatic rings. The van der Waals surface area contributed by atoms with Crippen LogP contribution in [0, 0.1) is 6.92 Å². The number of benzene rings is 2. The van der Waals surface area contributed by atoms with Crippen LogP contribution < -0.4 is 4.74 Å². The van der Waals surface area contributed by atoms with Crippen molar-refractivity contribution in [2.24, 2.45) is 0 Å². The third-order valence-electron chi connectivity index (χ3n) is 5.33. The minimum atomic E-state index is 0.0177. The molecule has 0 unspecified atom stereocenters. The number of hydrogen-bond acceptors (Lipinski definition) is 4. The molecule has 1 saturated heterocycles. The van der Waals surface area contributed by atoms with Gasteiger partial charge in [-0.05, 0) is 42.3 Å². The van der Waals surface area contributed by atoms with E-state index in [1.165, 1.54) is 5.56 Å². The molecule has 150 valence electrons. The molecule has 0 N–H and O–H groups in total. The first-order chi connectivity index (χ1) is 14.1. The van der Waals surface area contributed by atoms with Crippen LogP contribution in [0.5, 0.6) is 5.75 Å². The second kappa shape index (κ2) is 8.80. The maximum atomic E-state index is 12.5. The summed E-state index contributed by atoms with van der Waals surface area (Å²) in [6, 6.07) is 15.8. The summed E-state index contributed by atoms with van der Waals surface area (Å²) in [4.78, 5) is 21.3.